The summed E-state index contributed by atoms with van der Waals surface area (Å²) in [6.45, 7) is 0. The Labute approximate surface area is 165 Å². The monoisotopic (exact) mass is 383 g/mol. The van der Waals surface area contributed by atoms with Crippen LogP contribution < -0.4 is 5.73 Å². The van der Waals surface area contributed by atoms with E-state index in [9.17, 15) is 9.18 Å². The van der Waals surface area contributed by atoms with Crippen LogP contribution in [0.2, 0.25) is 0 Å². The zero-order valence-corrected chi connectivity index (χ0v) is 15.1. The fourth-order valence-corrected chi connectivity index (χ4v) is 3.07. The van der Waals surface area contributed by atoms with Crippen LogP contribution in [-0.2, 0) is 4.79 Å². The third-order valence-electron chi connectivity index (χ3n) is 4.49. The second-order valence-corrected chi connectivity index (χ2v) is 6.35. The number of benzene rings is 1. The normalized spacial score (nSPS) is 11.4. The number of H-pyrrole nitrogens is 1. The van der Waals surface area contributed by atoms with E-state index in [1.807, 2.05) is 30.5 Å². The van der Waals surface area contributed by atoms with Crippen molar-refractivity contribution in [3.63, 3.8) is 0 Å². The Hall–Kier alpha value is -4.31. The van der Waals surface area contributed by atoms with E-state index in [0.29, 0.717) is 11.2 Å². The van der Waals surface area contributed by atoms with Crippen LogP contribution >= 0.6 is 0 Å². The van der Waals surface area contributed by atoms with Crippen molar-refractivity contribution in [2.24, 2.45) is 5.73 Å². The third-order valence-corrected chi connectivity index (χ3v) is 4.49. The maximum atomic E-state index is 13.1. The molecule has 0 fully saturated rings. The van der Waals surface area contributed by atoms with Gasteiger partial charge in [0.15, 0.2) is 0 Å². The number of carbonyl (C=O) groups excluding carboxylic acids is 1. The van der Waals surface area contributed by atoms with Gasteiger partial charge in [0.05, 0.1) is 0 Å². The number of nitrogens with two attached hydrogens (primary N) is 1. The lowest BCUT2D eigenvalue weighted by Crippen LogP contribution is -2.12. The molecular formula is C22H14FN5O. The number of hydrogen-bond acceptors (Lipinski definition) is 4. The molecule has 0 saturated heterocycles. The Kier molecular flexibility index (Phi) is 4.59. The first-order valence-corrected chi connectivity index (χ1v) is 8.66. The van der Waals surface area contributed by atoms with E-state index < -0.39 is 11.9 Å². The average Bonchev–Trinajstić information content (AvgIpc) is 3.16. The summed E-state index contributed by atoms with van der Waals surface area (Å²) in [5.74, 6) is -1.31. The molecule has 0 aliphatic heterocycles. The molecule has 0 bridgehead atoms. The van der Waals surface area contributed by atoms with Crippen LogP contribution in [0.1, 0.15) is 5.56 Å². The minimum atomic E-state index is -0.772. The number of aromatic nitrogens is 3. The quantitative estimate of drug-likeness (QED) is 0.317. The van der Waals surface area contributed by atoms with Gasteiger partial charge in [-0.3, -0.25) is 4.79 Å². The van der Waals surface area contributed by atoms with E-state index in [1.54, 1.807) is 24.4 Å². The molecule has 0 atom stereocenters. The highest BCUT2D eigenvalue weighted by molar-refractivity contribution is 6.00. The fourth-order valence-electron chi connectivity index (χ4n) is 3.07. The lowest BCUT2D eigenvalue weighted by Gasteiger charge is -2.05. The van der Waals surface area contributed by atoms with Crippen molar-refractivity contribution in [1.29, 1.82) is 5.26 Å². The average molecular weight is 383 g/mol. The molecule has 0 spiro atoms. The van der Waals surface area contributed by atoms with Crippen molar-refractivity contribution in [2.75, 3.05) is 0 Å². The number of nitriles is 1. The highest BCUT2D eigenvalue weighted by Crippen LogP contribution is 2.31. The minimum absolute atomic E-state index is 0.118. The molecule has 1 aromatic carbocycles. The molecule has 0 unspecified atom stereocenters. The van der Waals surface area contributed by atoms with Crippen LogP contribution in [0.25, 0.3) is 39.4 Å². The van der Waals surface area contributed by atoms with Gasteiger partial charge in [-0.2, -0.15) is 9.65 Å². The van der Waals surface area contributed by atoms with Crippen LogP contribution in [0.15, 0.2) is 66.6 Å². The van der Waals surface area contributed by atoms with Gasteiger partial charge in [-0.1, -0.05) is 18.2 Å². The number of nitrogens with one attached hydrogen (secondary N) is 1. The van der Waals surface area contributed by atoms with Gasteiger partial charge in [0.1, 0.15) is 17.3 Å². The Balaban J connectivity index is 1.78. The molecule has 7 heteroatoms. The number of primary amides is 1. The second-order valence-electron chi connectivity index (χ2n) is 6.35. The number of nitrogens with zero attached hydrogens (tertiary/aromatic N) is 3. The molecule has 29 heavy (non-hydrogen) atoms. The number of rotatable bonds is 4. The lowest BCUT2D eigenvalue weighted by atomic mass is 10.0. The van der Waals surface area contributed by atoms with Crippen molar-refractivity contribution in [3.8, 4) is 28.3 Å². The molecule has 3 heterocycles. The van der Waals surface area contributed by atoms with Gasteiger partial charge in [0.2, 0.25) is 5.95 Å². The van der Waals surface area contributed by atoms with E-state index in [-0.39, 0.29) is 5.57 Å². The molecule has 4 rings (SSSR count). The van der Waals surface area contributed by atoms with Gasteiger partial charge in [-0.15, -0.1) is 0 Å². The second kappa shape index (κ2) is 7.37. The summed E-state index contributed by atoms with van der Waals surface area (Å²) in [5.41, 5.74) is 9.80. The van der Waals surface area contributed by atoms with Gasteiger partial charge in [0, 0.05) is 40.7 Å². The van der Waals surface area contributed by atoms with Gasteiger partial charge in [0.25, 0.3) is 5.91 Å². The van der Waals surface area contributed by atoms with Gasteiger partial charge >= 0.3 is 0 Å². The van der Waals surface area contributed by atoms with Crippen LogP contribution in [0.4, 0.5) is 4.39 Å². The van der Waals surface area contributed by atoms with Crippen LogP contribution in [0.5, 0.6) is 0 Å². The lowest BCUT2D eigenvalue weighted by molar-refractivity contribution is -0.114. The molecule has 0 saturated carbocycles. The zero-order valence-electron chi connectivity index (χ0n) is 15.1. The van der Waals surface area contributed by atoms with Gasteiger partial charge in [-0.25, -0.2) is 9.97 Å². The Morgan fingerprint density at radius 3 is 2.66 bits per heavy atom. The summed E-state index contributed by atoms with van der Waals surface area (Å²) >= 11 is 0. The first-order valence-electron chi connectivity index (χ1n) is 8.66. The molecule has 1 amide bonds. The van der Waals surface area contributed by atoms with Crippen LogP contribution in [0.3, 0.4) is 0 Å². The molecule has 0 radical (unpaired) electrons. The minimum Gasteiger partial charge on any atom is -0.365 e. The number of carbonyl (C=O) groups is 1. The Morgan fingerprint density at radius 2 is 1.93 bits per heavy atom. The summed E-state index contributed by atoms with van der Waals surface area (Å²) in [6, 6.07) is 14.1. The standard InChI is InChI=1S/C22H14FN5O/c23-20-5-4-15(10-26-20)19-12-28-22-18(19)8-17(11-27-22)14-3-1-2-13(6-14)7-16(9-24)21(25)29/h1-8,10-12H,(H2,25,29)(H,27,28). The van der Waals surface area contributed by atoms with E-state index in [1.165, 1.54) is 18.3 Å². The van der Waals surface area contributed by atoms with Crippen molar-refractivity contribution < 1.29 is 9.18 Å². The fraction of sp³-hybridized carbons (Fsp3) is 0. The highest BCUT2D eigenvalue weighted by Gasteiger charge is 2.10. The SMILES string of the molecule is N#CC(=Cc1cccc(-c2cnc3[nH]cc(-c4ccc(F)nc4)c3c2)c1)C(N)=O. The summed E-state index contributed by atoms with van der Waals surface area (Å²) in [5, 5.41) is 9.90. The summed E-state index contributed by atoms with van der Waals surface area (Å²) in [7, 11) is 0. The van der Waals surface area contributed by atoms with Crippen molar-refractivity contribution in [1.82, 2.24) is 15.0 Å². The predicted octanol–water partition coefficient (Wildman–Crippen LogP) is 3.82. The molecule has 3 aromatic heterocycles. The number of hydrogen-bond donors (Lipinski definition) is 2. The first kappa shape index (κ1) is 18.1. The molecule has 6 nitrogen and oxygen atoms in total. The van der Waals surface area contributed by atoms with Crippen molar-refractivity contribution in [3.05, 3.63) is 78.1 Å². The summed E-state index contributed by atoms with van der Waals surface area (Å²) < 4.78 is 13.1. The first-order chi connectivity index (χ1) is 14.0. The molecule has 0 aliphatic rings. The summed E-state index contributed by atoms with van der Waals surface area (Å²) in [4.78, 5) is 22.6. The maximum Gasteiger partial charge on any atom is 0.259 e. The molecule has 4 aromatic rings. The van der Waals surface area contributed by atoms with E-state index in [4.69, 9.17) is 11.0 Å². The number of pyridine rings is 2. The van der Waals surface area contributed by atoms with E-state index in [0.717, 1.165) is 27.6 Å². The number of aromatic amines is 1. The summed E-state index contributed by atoms with van der Waals surface area (Å²) in [6.07, 6.45) is 6.46. The smallest absolute Gasteiger partial charge is 0.259 e. The molecule has 140 valence electrons. The maximum absolute atomic E-state index is 13.1. The van der Waals surface area contributed by atoms with Crippen LogP contribution in [-0.4, -0.2) is 20.9 Å². The highest BCUT2D eigenvalue weighted by atomic mass is 19.1. The molecular weight excluding hydrogens is 369 g/mol. The van der Waals surface area contributed by atoms with Crippen LogP contribution in [0, 0.1) is 17.3 Å². The Bertz CT molecular complexity index is 1300. The third kappa shape index (κ3) is 3.59. The molecule has 0 aliphatic carbocycles. The van der Waals surface area contributed by atoms with Gasteiger partial charge in [-0.05, 0) is 41.5 Å². The largest absolute Gasteiger partial charge is 0.365 e. The topological polar surface area (TPSA) is 108 Å². The van der Waals surface area contributed by atoms with Crippen molar-refractivity contribution >= 4 is 23.0 Å². The van der Waals surface area contributed by atoms with E-state index in [2.05, 4.69) is 15.0 Å². The zero-order chi connectivity index (χ0) is 20.4. The predicted molar refractivity (Wildman–Crippen MR) is 108 cm³/mol. The number of amides is 1. The van der Waals surface area contributed by atoms with Crippen molar-refractivity contribution in [2.45, 2.75) is 0 Å². The molecule has 3 N–H and O–H groups in total. The number of halogens is 1. The number of fused-ring (bicyclic) bond motifs is 1. The Morgan fingerprint density at radius 1 is 1.10 bits per heavy atom. The van der Waals surface area contributed by atoms with E-state index >= 15 is 0 Å². The van der Waals surface area contributed by atoms with Gasteiger partial charge < -0.3 is 10.7 Å².